The van der Waals surface area contributed by atoms with Crippen LogP contribution in [0.1, 0.15) is 23.1 Å². The number of anilines is 1. The summed E-state index contributed by atoms with van der Waals surface area (Å²) in [5, 5.41) is 21.9. The Morgan fingerprint density at radius 3 is 1.95 bits per heavy atom. The van der Waals surface area contributed by atoms with E-state index in [-0.39, 0.29) is 24.8 Å². The first kappa shape index (κ1) is 24.3. The lowest BCUT2D eigenvalue weighted by Crippen LogP contribution is -2.55. The predicted octanol–water partition coefficient (Wildman–Crippen LogP) is 3.67. The van der Waals surface area contributed by atoms with Crippen molar-refractivity contribution in [3.63, 3.8) is 0 Å². The number of ether oxygens (including phenoxy) is 2. The van der Waals surface area contributed by atoms with Crippen LogP contribution in [0.5, 0.6) is 0 Å². The first-order valence-corrected chi connectivity index (χ1v) is 11.9. The van der Waals surface area contributed by atoms with Crippen molar-refractivity contribution in [3.05, 3.63) is 142 Å². The Morgan fingerprint density at radius 2 is 1.46 bits per heavy atom. The Hall–Kier alpha value is -4.40. The zero-order chi connectivity index (χ0) is 25.9. The van der Waals surface area contributed by atoms with E-state index in [9.17, 15) is 15.0 Å². The molecule has 0 bridgehead atoms. The van der Waals surface area contributed by atoms with Crippen LogP contribution >= 0.6 is 0 Å². The van der Waals surface area contributed by atoms with Gasteiger partial charge in [0.05, 0.1) is 6.61 Å². The van der Waals surface area contributed by atoms with Crippen LogP contribution in [0.3, 0.4) is 0 Å². The van der Waals surface area contributed by atoms with Crippen LogP contribution in [-0.4, -0.2) is 32.5 Å². The minimum Gasteiger partial charge on any atom is -0.481 e. The van der Waals surface area contributed by atoms with E-state index in [4.69, 9.17) is 15.2 Å². The highest BCUT2D eigenvalue weighted by atomic mass is 16.6. The molecule has 0 aliphatic carbocycles. The van der Waals surface area contributed by atoms with E-state index < -0.39 is 23.1 Å². The number of aromatic nitrogens is 2. The maximum atomic E-state index is 12.7. The minimum atomic E-state index is -1.89. The lowest BCUT2D eigenvalue weighted by molar-refractivity contribution is -0.201. The van der Waals surface area contributed by atoms with Gasteiger partial charge in [-0.1, -0.05) is 91.0 Å². The molecule has 8 heteroatoms. The van der Waals surface area contributed by atoms with Crippen molar-refractivity contribution in [3.8, 4) is 0 Å². The Morgan fingerprint density at radius 1 is 0.946 bits per heavy atom. The van der Waals surface area contributed by atoms with Gasteiger partial charge in [-0.25, -0.2) is 4.79 Å². The van der Waals surface area contributed by atoms with Crippen molar-refractivity contribution >= 4 is 5.82 Å². The second-order valence-electron chi connectivity index (χ2n) is 8.83. The molecule has 5 rings (SSSR count). The van der Waals surface area contributed by atoms with Crippen LogP contribution in [0.2, 0.25) is 0 Å². The third-order valence-electron chi connectivity index (χ3n) is 6.59. The predicted molar refractivity (Wildman–Crippen MR) is 138 cm³/mol. The van der Waals surface area contributed by atoms with Gasteiger partial charge in [-0.15, -0.1) is 0 Å². The molecule has 0 saturated carbocycles. The number of nitrogen functional groups attached to an aromatic ring is 1. The number of rotatable bonds is 7. The molecule has 0 amide bonds. The van der Waals surface area contributed by atoms with Gasteiger partial charge in [0, 0.05) is 18.7 Å². The maximum Gasteiger partial charge on any atom is 0.351 e. The van der Waals surface area contributed by atoms with E-state index in [0.717, 1.165) is 21.3 Å². The molecule has 0 unspecified atom stereocenters. The fourth-order valence-electron chi connectivity index (χ4n) is 4.76. The molecule has 1 aliphatic rings. The van der Waals surface area contributed by atoms with Crippen molar-refractivity contribution in [2.45, 2.75) is 23.9 Å². The van der Waals surface area contributed by atoms with Gasteiger partial charge in [-0.3, -0.25) is 4.57 Å². The molecule has 3 aromatic carbocycles. The molecule has 0 radical (unpaired) electrons. The maximum absolute atomic E-state index is 12.7. The van der Waals surface area contributed by atoms with Gasteiger partial charge in [-0.05, 0) is 22.8 Å². The molecule has 1 aliphatic heterocycles. The largest absolute Gasteiger partial charge is 0.481 e. The Bertz CT molecular complexity index is 1340. The van der Waals surface area contributed by atoms with Crippen LogP contribution in [0.25, 0.3) is 0 Å². The van der Waals surface area contributed by atoms with E-state index in [1.54, 1.807) is 0 Å². The number of hydrogen-bond donors (Lipinski definition) is 3. The van der Waals surface area contributed by atoms with Crippen LogP contribution < -0.4 is 11.4 Å². The molecule has 37 heavy (non-hydrogen) atoms. The summed E-state index contributed by atoms with van der Waals surface area (Å²) in [5.41, 5.74) is 4.51. The van der Waals surface area contributed by atoms with Gasteiger partial charge in [-0.2, -0.15) is 4.98 Å². The number of nitrogens with two attached hydrogens (primary N) is 1. The minimum absolute atomic E-state index is 0.0315. The molecule has 8 nitrogen and oxygen atoms in total. The second-order valence-corrected chi connectivity index (χ2v) is 8.83. The first-order valence-electron chi connectivity index (χ1n) is 11.9. The van der Waals surface area contributed by atoms with E-state index >= 15 is 0 Å². The van der Waals surface area contributed by atoms with Crippen LogP contribution in [0.4, 0.5) is 5.82 Å². The molecule has 2 heterocycles. The average Bonchev–Trinajstić information content (AvgIpc) is 2.93. The Kier molecular flexibility index (Phi) is 6.52. The fraction of sp³-hybridized carbons (Fsp3) is 0.172. The number of hydrogen-bond acceptors (Lipinski definition) is 7. The highest BCUT2D eigenvalue weighted by Gasteiger charge is 2.47. The molecule has 4 N–H and O–H groups in total. The Balaban J connectivity index is 1.62. The monoisotopic (exact) mass is 497 g/mol. The molecule has 0 fully saturated rings. The standard InChI is InChI=1S/C29H27N3O5/c30-25-17-19-32(27(34)31-25)28(35)18-16-26(33)37-24(28)20-36-29(21-10-4-1-5-11-21,22-12-6-2-7-13-22)23-14-8-3-9-15-23/h1-17,19,24,33,35H,18,20H2,(H2,30,31,34)/t24-,28-/m1/s1. The van der Waals surface area contributed by atoms with Crippen LogP contribution in [-0.2, 0) is 20.8 Å². The first-order chi connectivity index (χ1) is 17.9. The summed E-state index contributed by atoms with van der Waals surface area (Å²) in [5.74, 6) is -0.330. The fourth-order valence-corrected chi connectivity index (χ4v) is 4.76. The van der Waals surface area contributed by atoms with E-state index in [1.807, 2.05) is 91.0 Å². The van der Waals surface area contributed by atoms with E-state index in [2.05, 4.69) is 4.98 Å². The summed E-state index contributed by atoms with van der Waals surface area (Å²) in [6.45, 7) is -0.191. The SMILES string of the molecule is Nc1ccn([C@@]2(O)CC=C(O)O[C@@H]2COC(c2ccccc2)(c2ccccc2)c2ccccc2)c(=O)n1. The highest BCUT2D eigenvalue weighted by molar-refractivity contribution is 5.47. The molecule has 1 aromatic heterocycles. The number of nitrogens with zero attached hydrogens (tertiary/aromatic N) is 2. The molecule has 4 aromatic rings. The van der Waals surface area contributed by atoms with Crippen LogP contribution in [0, 0.1) is 0 Å². The highest BCUT2D eigenvalue weighted by Crippen LogP contribution is 2.42. The summed E-state index contributed by atoms with van der Waals surface area (Å²) < 4.78 is 13.5. The second kappa shape index (κ2) is 9.93. The Labute approximate surface area is 213 Å². The number of aliphatic hydroxyl groups excluding tert-OH is 1. The van der Waals surface area contributed by atoms with Gasteiger partial charge in [0.15, 0.2) is 11.8 Å². The molecule has 0 spiro atoms. The molecular weight excluding hydrogens is 470 g/mol. The van der Waals surface area contributed by atoms with E-state index in [1.165, 1.54) is 18.3 Å². The van der Waals surface area contributed by atoms with Gasteiger partial charge in [0.2, 0.25) is 0 Å². The average molecular weight is 498 g/mol. The van der Waals surface area contributed by atoms with Gasteiger partial charge >= 0.3 is 5.69 Å². The third-order valence-corrected chi connectivity index (χ3v) is 6.59. The lowest BCUT2D eigenvalue weighted by atomic mass is 9.80. The summed E-state index contributed by atoms with van der Waals surface area (Å²) in [7, 11) is 0. The number of aliphatic hydroxyl groups is 2. The van der Waals surface area contributed by atoms with Crippen molar-refractivity contribution in [1.82, 2.24) is 9.55 Å². The normalized spacial score (nSPS) is 19.6. The smallest absolute Gasteiger partial charge is 0.351 e. The van der Waals surface area contributed by atoms with Gasteiger partial charge in [0.1, 0.15) is 11.4 Å². The summed E-state index contributed by atoms with van der Waals surface area (Å²) in [4.78, 5) is 16.4. The van der Waals surface area contributed by atoms with E-state index in [0.29, 0.717) is 0 Å². The van der Waals surface area contributed by atoms with Crippen molar-refractivity contribution in [2.75, 3.05) is 12.3 Å². The molecule has 188 valence electrons. The van der Waals surface area contributed by atoms with Crippen molar-refractivity contribution < 1.29 is 19.7 Å². The lowest BCUT2D eigenvalue weighted by Gasteiger charge is -2.42. The molecule has 2 atom stereocenters. The zero-order valence-corrected chi connectivity index (χ0v) is 20.0. The molecule has 0 saturated heterocycles. The summed E-state index contributed by atoms with van der Waals surface area (Å²) in [6.07, 6.45) is 1.40. The molecular formula is C29H27N3O5. The topological polar surface area (TPSA) is 120 Å². The zero-order valence-electron chi connectivity index (χ0n) is 20.0. The van der Waals surface area contributed by atoms with Crippen molar-refractivity contribution in [2.24, 2.45) is 0 Å². The number of benzene rings is 3. The summed E-state index contributed by atoms with van der Waals surface area (Å²) in [6, 6.07) is 30.6. The summed E-state index contributed by atoms with van der Waals surface area (Å²) >= 11 is 0. The van der Waals surface area contributed by atoms with Crippen LogP contribution in [0.15, 0.2) is 120 Å². The van der Waals surface area contributed by atoms with Gasteiger partial charge in [0.25, 0.3) is 5.95 Å². The third kappa shape index (κ3) is 4.48. The quantitative estimate of drug-likeness (QED) is 0.333. The van der Waals surface area contributed by atoms with Gasteiger partial charge < -0.3 is 25.4 Å². The van der Waals surface area contributed by atoms with Crippen molar-refractivity contribution in [1.29, 1.82) is 0 Å².